The number of anilines is 1. The Hall–Kier alpha value is -1.79. The van der Waals surface area contributed by atoms with E-state index < -0.39 is 29.9 Å². The molecule has 1 aromatic heterocycles. The van der Waals surface area contributed by atoms with Crippen molar-refractivity contribution < 1.29 is 18.7 Å². The monoisotopic (exact) mass is 203 g/mol. The maximum Gasteiger partial charge on any atom is 0.325 e. The van der Waals surface area contributed by atoms with Crippen LogP contribution in [0, 0.1) is 11.9 Å². The molecule has 1 rings (SSSR count). The third kappa shape index (κ3) is 2.61. The van der Waals surface area contributed by atoms with Gasteiger partial charge in [-0.15, -0.1) is 0 Å². The van der Waals surface area contributed by atoms with Crippen LogP contribution in [0.1, 0.15) is 6.92 Å². The molecule has 0 aliphatic heterocycles. The summed E-state index contributed by atoms with van der Waals surface area (Å²) in [6.07, 6.45) is 0. The van der Waals surface area contributed by atoms with Crippen molar-refractivity contribution in [3.63, 3.8) is 0 Å². The van der Waals surface area contributed by atoms with Crippen molar-refractivity contribution in [2.24, 2.45) is 0 Å². The molecule has 76 valence electrons. The van der Waals surface area contributed by atoms with Gasteiger partial charge >= 0.3 is 5.97 Å². The third-order valence-electron chi connectivity index (χ3n) is 1.38. The summed E-state index contributed by atoms with van der Waals surface area (Å²) in [5.41, 5.74) is 0. The first kappa shape index (κ1) is 10.3. The summed E-state index contributed by atoms with van der Waals surface area (Å²) in [5, 5.41) is 10.7. The van der Waals surface area contributed by atoms with Crippen LogP contribution in [0.5, 0.6) is 0 Å². The van der Waals surface area contributed by atoms with Crippen LogP contribution in [0.4, 0.5) is 14.7 Å². The molecule has 0 aliphatic carbocycles. The Labute approximate surface area is 77.8 Å². The average molecular weight is 203 g/mol. The molecule has 7 heteroatoms. The van der Waals surface area contributed by atoms with Gasteiger partial charge in [0.25, 0.3) is 0 Å². The Balaban J connectivity index is 2.81. The zero-order valence-corrected chi connectivity index (χ0v) is 7.16. The van der Waals surface area contributed by atoms with Gasteiger partial charge in [0.15, 0.2) is 0 Å². The fourth-order valence-corrected chi connectivity index (χ4v) is 0.710. The van der Waals surface area contributed by atoms with E-state index in [1.54, 1.807) is 0 Å². The molecule has 0 amide bonds. The van der Waals surface area contributed by atoms with Crippen LogP contribution in [-0.2, 0) is 4.79 Å². The van der Waals surface area contributed by atoms with Gasteiger partial charge in [-0.25, -0.2) is 0 Å². The summed E-state index contributed by atoms with van der Waals surface area (Å²) in [4.78, 5) is 16.7. The number of carbonyl (C=O) groups is 1. The van der Waals surface area contributed by atoms with E-state index in [2.05, 4.69) is 15.3 Å². The van der Waals surface area contributed by atoms with Crippen molar-refractivity contribution >= 4 is 11.9 Å². The highest BCUT2D eigenvalue weighted by Crippen LogP contribution is 2.04. The van der Waals surface area contributed by atoms with E-state index in [1.807, 2.05) is 0 Å². The molecule has 1 aromatic rings. The number of carboxylic acid groups (broad SMARTS) is 1. The van der Waals surface area contributed by atoms with E-state index in [1.165, 1.54) is 6.92 Å². The maximum absolute atomic E-state index is 12.5. The summed E-state index contributed by atoms with van der Waals surface area (Å²) < 4.78 is 25.0. The molecule has 0 bridgehead atoms. The van der Waals surface area contributed by atoms with E-state index in [9.17, 15) is 13.6 Å². The number of carboxylic acids is 1. The molecule has 0 aromatic carbocycles. The molecule has 0 saturated heterocycles. The largest absolute Gasteiger partial charge is 0.480 e. The summed E-state index contributed by atoms with van der Waals surface area (Å²) >= 11 is 0. The van der Waals surface area contributed by atoms with E-state index in [0.717, 1.165) is 0 Å². The number of nitrogens with zero attached hydrogens (tertiary/aromatic N) is 2. The predicted molar refractivity (Wildman–Crippen MR) is 42.7 cm³/mol. The van der Waals surface area contributed by atoms with Gasteiger partial charge in [-0.2, -0.15) is 18.7 Å². The first-order chi connectivity index (χ1) is 6.49. The van der Waals surface area contributed by atoms with Gasteiger partial charge in [-0.05, 0) is 6.92 Å². The molecule has 1 atom stereocenters. The zero-order valence-electron chi connectivity index (χ0n) is 7.16. The van der Waals surface area contributed by atoms with Crippen molar-refractivity contribution in [3.8, 4) is 0 Å². The normalized spacial score (nSPS) is 12.2. The van der Waals surface area contributed by atoms with Crippen molar-refractivity contribution in [1.29, 1.82) is 0 Å². The van der Waals surface area contributed by atoms with Gasteiger partial charge in [0.1, 0.15) is 6.04 Å². The lowest BCUT2D eigenvalue weighted by atomic mass is 10.3. The molecule has 0 fully saturated rings. The fraction of sp³-hybridized carbons (Fsp3) is 0.286. The maximum atomic E-state index is 12.5. The Morgan fingerprint density at radius 2 is 2.00 bits per heavy atom. The standard InChI is InChI=1S/C7H7F2N3O2/c1-3(6(13)14)10-7-11-4(8)2-5(9)12-7/h2-3H,1H3,(H,13,14)(H,10,11,12). The fourth-order valence-electron chi connectivity index (χ4n) is 0.710. The number of aliphatic carboxylic acids is 1. The van der Waals surface area contributed by atoms with Gasteiger partial charge in [0.2, 0.25) is 17.8 Å². The second-order valence-electron chi connectivity index (χ2n) is 2.54. The predicted octanol–water partition coefficient (Wildman–Crippen LogP) is 0.640. The Morgan fingerprint density at radius 1 is 1.50 bits per heavy atom. The Bertz CT molecular complexity index is 339. The molecule has 5 nitrogen and oxygen atoms in total. The number of hydrogen-bond acceptors (Lipinski definition) is 4. The number of aromatic nitrogens is 2. The van der Waals surface area contributed by atoms with Crippen LogP contribution in [0.3, 0.4) is 0 Å². The van der Waals surface area contributed by atoms with Crippen LogP contribution in [0.15, 0.2) is 6.07 Å². The number of nitrogens with one attached hydrogen (secondary N) is 1. The number of hydrogen-bond donors (Lipinski definition) is 2. The van der Waals surface area contributed by atoms with Gasteiger partial charge in [0.05, 0.1) is 0 Å². The van der Waals surface area contributed by atoms with Gasteiger partial charge in [-0.3, -0.25) is 4.79 Å². The van der Waals surface area contributed by atoms with Gasteiger partial charge in [0, 0.05) is 6.07 Å². The minimum absolute atomic E-state index is 0.391. The molecule has 1 unspecified atom stereocenters. The van der Waals surface area contributed by atoms with Crippen molar-refractivity contribution in [2.45, 2.75) is 13.0 Å². The van der Waals surface area contributed by atoms with E-state index >= 15 is 0 Å². The zero-order chi connectivity index (χ0) is 10.7. The Morgan fingerprint density at radius 3 is 2.43 bits per heavy atom. The first-order valence-electron chi connectivity index (χ1n) is 3.68. The third-order valence-corrected chi connectivity index (χ3v) is 1.38. The molecule has 0 aliphatic rings. The molecule has 0 spiro atoms. The van der Waals surface area contributed by atoms with Crippen LogP contribution in [0.25, 0.3) is 0 Å². The van der Waals surface area contributed by atoms with Crippen LogP contribution in [0.2, 0.25) is 0 Å². The SMILES string of the molecule is CC(Nc1nc(F)cc(F)n1)C(=O)O. The van der Waals surface area contributed by atoms with Crippen molar-refractivity contribution in [1.82, 2.24) is 9.97 Å². The quantitative estimate of drug-likeness (QED) is 0.705. The lowest BCUT2D eigenvalue weighted by Crippen LogP contribution is -2.26. The summed E-state index contributed by atoms with van der Waals surface area (Å²) in [6, 6.07) is -0.521. The van der Waals surface area contributed by atoms with Crippen LogP contribution < -0.4 is 5.32 Å². The van der Waals surface area contributed by atoms with Gasteiger partial charge in [-0.1, -0.05) is 0 Å². The second-order valence-corrected chi connectivity index (χ2v) is 2.54. The highest BCUT2D eigenvalue weighted by atomic mass is 19.1. The number of halogens is 2. The van der Waals surface area contributed by atoms with Crippen molar-refractivity contribution in [3.05, 3.63) is 18.0 Å². The average Bonchev–Trinajstić information content (AvgIpc) is 2.01. The van der Waals surface area contributed by atoms with Crippen LogP contribution >= 0.6 is 0 Å². The highest BCUT2D eigenvalue weighted by molar-refractivity contribution is 5.75. The van der Waals surface area contributed by atoms with E-state index in [0.29, 0.717) is 6.07 Å². The number of rotatable bonds is 3. The summed E-state index contributed by atoms with van der Waals surface area (Å²) in [7, 11) is 0. The van der Waals surface area contributed by atoms with Gasteiger partial charge < -0.3 is 10.4 Å². The summed E-state index contributed by atoms with van der Waals surface area (Å²) in [6.45, 7) is 1.30. The molecular weight excluding hydrogens is 196 g/mol. The smallest absolute Gasteiger partial charge is 0.325 e. The topological polar surface area (TPSA) is 75.1 Å². The van der Waals surface area contributed by atoms with E-state index in [-0.39, 0.29) is 0 Å². The molecule has 2 N–H and O–H groups in total. The minimum atomic E-state index is -1.17. The van der Waals surface area contributed by atoms with Crippen LogP contribution in [-0.4, -0.2) is 27.1 Å². The second kappa shape index (κ2) is 3.95. The Kier molecular flexibility index (Phi) is 2.90. The molecular formula is C7H7F2N3O2. The molecule has 14 heavy (non-hydrogen) atoms. The summed E-state index contributed by atoms with van der Waals surface area (Å²) in [5.74, 6) is -3.68. The lowest BCUT2D eigenvalue weighted by molar-refractivity contribution is -0.137. The van der Waals surface area contributed by atoms with E-state index in [4.69, 9.17) is 5.11 Å². The molecule has 1 heterocycles. The van der Waals surface area contributed by atoms with Crippen molar-refractivity contribution in [2.75, 3.05) is 5.32 Å². The highest BCUT2D eigenvalue weighted by Gasteiger charge is 2.12. The molecule has 0 saturated carbocycles. The lowest BCUT2D eigenvalue weighted by Gasteiger charge is -2.08. The minimum Gasteiger partial charge on any atom is -0.480 e. The molecule has 0 radical (unpaired) electrons. The first-order valence-corrected chi connectivity index (χ1v) is 3.68.